The van der Waals surface area contributed by atoms with E-state index in [1.807, 2.05) is 6.92 Å². The van der Waals surface area contributed by atoms with Crippen molar-refractivity contribution in [1.29, 1.82) is 0 Å². The second kappa shape index (κ2) is 4.31. The zero-order valence-electron chi connectivity index (χ0n) is 8.15. The fourth-order valence-electron chi connectivity index (χ4n) is 1.06. The maximum atomic E-state index is 11.6. The van der Waals surface area contributed by atoms with Gasteiger partial charge in [0.15, 0.2) is 5.13 Å². The molecule has 2 rings (SSSR count). The molecule has 1 N–H and O–H groups in total. The van der Waals surface area contributed by atoms with Crippen LogP contribution in [0.15, 0.2) is 18.2 Å². The van der Waals surface area contributed by atoms with Crippen LogP contribution in [-0.4, -0.2) is 24.1 Å². The molecule has 0 radical (unpaired) electrons. The van der Waals surface area contributed by atoms with Gasteiger partial charge < -0.3 is 9.47 Å². The van der Waals surface area contributed by atoms with E-state index in [1.54, 1.807) is 6.20 Å². The molecule has 0 saturated carbocycles. The first-order valence-corrected chi connectivity index (χ1v) is 5.26. The minimum Gasteiger partial charge on any atom is -0.494 e. The van der Waals surface area contributed by atoms with Crippen LogP contribution >= 0.6 is 11.3 Å². The summed E-state index contributed by atoms with van der Waals surface area (Å²) < 4.78 is 10.1. The summed E-state index contributed by atoms with van der Waals surface area (Å²) in [6.07, 6.45) is 3.02. The fourth-order valence-corrected chi connectivity index (χ4v) is 1.72. The highest BCUT2D eigenvalue weighted by Crippen LogP contribution is 2.17. The van der Waals surface area contributed by atoms with Crippen molar-refractivity contribution < 1.29 is 14.3 Å². The number of nitrogens with one attached hydrogen (secondary N) is 1. The molecule has 6 heteroatoms. The second-order valence-corrected chi connectivity index (χ2v) is 4.17. The van der Waals surface area contributed by atoms with Gasteiger partial charge in [0.05, 0.1) is 0 Å². The average molecular weight is 226 g/mol. The van der Waals surface area contributed by atoms with E-state index in [0.29, 0.717) is 18.3 Å². The van der Waals surface area contributed by atoms with Crippen molar-refractivity contribution in [3.8, 4) is 0 Å². The van der Waals surface area contributed by atoms with Crippen LogP contribution in [0.2, 0.25) is 0 Å². The van der Waals surface area contributed by atoms with E-state index in [2.05, 4.69) is 10.3 Å². The molecule has 0 spiro atoms. The third kappa shape index (κ3) is 2.47. The first-order valence-electron chi connectivity index (χ1n) is 4.44. The Kier molecular flexibility index (Phi) is 2.86. The predicted molar refractivity (Wildman–Crippen MR) is 55.5 cm³/mol. The Morgan fingerprint density at radius 3 is 3.07 bits per heavy atom. The highest BCUT2D eigenvalue weighted by Gasteiger charge is 2.15. The lowest BCUT2D eigenvalue weighted by atomic mass is 10.5. The van der Waals surface area contributed by atoms with E-state index in [0.717, 1.165) is 4.88 Å². The van der Waals surface area contributed by atoms with E-state index in [4.69, 9.17) is 9.47 Å². The number of carbonyl (C=O) groups excluding carboxylic acids is 1. The number of rotatable bonds is 2. The Labute approximate surface area is 90.7 Å². The summed E-state index contributed by atoms with van der Waals surface area (Å²) in [5.74, 6) is -0.141. The molecule has 1 aliphatic heterocycles. The Morgan fingerprint density at radius 1 is 1.60 bits per heavy atom. The fraction of sp³-hybridized carbons (Fsp3) is 0.333. The van der Waals surface area contributed by atoms with Gasteiger partial charge in [-0.05, 0) is 6.92 Å². The molecule has 0 fully saturated rings. The zero-order valence-corrected chi connectivity index (χ0v) is 8.97. The maximum absolute atomic E-state index is 11.6. The summed E-state index contributed by atoms with van der Waals surface area (Å²) in [6, 6.07) is 0. The van der Waals surface area contributed by atoms with Gasteiger partial charge in [-0.2, -0.15) is 0 Å². The molecule has 0 aliphatic carbocycles. The third-order valence-electron chi connectivity index (χ3n) is 1.71. The van der Waals surface area contributed by atoms with Crippen LogP contribution in [-0.2, 0) is 14.3 Å². The number of hydrogen-bond acceptors (Lipinski definition) is 5. The molecule has 80 valence electrons. The number of carbonyl (C=O) groups is 1. The van der Waals surface area contributed by atoms with E-state index in [1.165, 1.54) is 17.6 Å². The summed E-state index contributed by atoms with van der Waals surface area (Å²) in [6.45, 7) is 2.80. The molecule has 0 unspecified atom stereocenters. The standard InChI is InChI=1S/C9H10N2O3S/c1-6-4-10-9(15-6)11-8(12)7-5-13-2-3-14-7/h4-5H,2-3H2,1H3,(H,10,11,12). The van der Waals surface area contributed by atoms with Crippen LogP contribution < -0.4 is 5.32 Å². The number of hydrogen-bond donors (Lipinski definition) is 1. The van der Waals surface area contributed by atoms with E-state index >= 15 is 0 Å². The molecule has 2 heterocycles. The molecule has 0 aromatic carbocycles. The van der Waals surface area contributed by atoms with Gasteiger partial charge in [0.1, 0.15) is 19.5 Å². The highest BCUT2D eigenvalue weighted by atomic mass is 32.1. The highest BCUT2D eigenvalue weighted by molar-refractivity contribution is 7.15. The SMILES string of the molecule is Cc1cnc(NC(=O)C2=COCCO2)s1. The molecule has 0 bridgehead atoms. The van der Waals surface area contributed by atoms with Crippen LogP contribution in [0.4, 0.5) is 5.13 Å². The summed E-state index contributed by atoms with van der Waals surface area (Å²) >= 11 is 1.41. The van der Waals surface area contributed by atoms with Crippen molar-refractivity contribution in [3.63, 3.8) is 0 Å². The van der Waals surface area contributed by atoms with Crippen LogP contribution in [0, 0.1) is 6.92 Å². The van der Waals surface area contributed by atoms with Crippen molar-refractivity contribution in [2.45, 2.75) is 6.92 Å². The number of amides is 1. The molecular formula is C9H10N2O3S. The van der Waals surface area contributed by atoms with Crippen LogP contribution in [0.5, 0.6) is 0 Å². The summed E-state index contributed by atoms with van der Waals surface area (Å²) in [5.41, 5.74) is 0. The first-order chi connectivity index (χ1) is 7.25. The summed E-state index contributed by atoms with van der Waals surface area (Å²) in [5, 5.41) is 3.19. The number of ether oxygens (including phenoxy) is 2. The largest absolute Gasteiger partial charge is 0.494 e. The maximum Gasteiger partial charge on any atom is 0.295 e. The number of aromatic nitrogens is 1. The molecule has 1 amide bonds. The lowest BCUT2D eigenvalue weighted by Crippen LogP contribution is -2.20. The van der Waals surface area contributed by atoms with Gasteiger partial charge in [0.25, 0.3) is 5.91 Å². The van der Waals surface area contributed by atoms with Crippen LogP contribution in [0.3, 0.4) is 0 Å². The van der Waals surface area contributed by atoms with Crippen molar-refractivity contribution in [2.24, 2.45) is 0 Å². The summed E-state index contributed by atoms with van der Waals surface area (Å²) in [4.78, 5) is 16.6. The van der Waals surface area contributed by atoms with Gasteiger partial charge in [0.2, 0.25) is 5.76 Å². The number of nitrogens with zero attached hydrogens (tertiary/aromatic N) is 1. The Balaban J connectivity index is 2.00. The average Bonchev–Trinajstić information content (AvgIpc) is 2.65. The topological polar surface area (TPSA) is 60.5 Å². The lowest BCUT2D eigenvalue weighted by molar-refractivity contribution is -0.117. The molecule has 1 aromatic rings. The summed E-state index contributed by atoms with van der Waals surface area (Å²) in [7, 11) is 0. The van der Waals surface area contributed by atoms with E-state index in [9.17, 15) is 4.79 Å². The predicted octanol–water partition coefficient (Wildman–Crippen LogP) is 1.28. The van der Waals surface area contributed by atoms with Crippen LogP contribution in [0.25, 0.3) is 0 Å². The van der Waals surface area contributed by atoms with Crippen molar-refractivity contribution >= 4 is 22.4 Å². The Morgan fingerprint density at radius 2 is 2.47 bits per heavy atom. The monoisotopic (exact) mass is 226 g/mol. The zero-order chi connectivity index (χ0) is 10.7. The van der Waals surface area contributed by atoms with Crippen molar-refractivity contribution in [3.05, 3.63) is 23.1 Å². The minimum atomic E-state index is -0.330. The van der Waals surface area contributed by atoms with Gasteiger partial charge in [-0.25, -0.2) is 4.98 Å². The Bertz CT molecular complexity index is 400. The van der Waals surface area contributed by atoms with E-state index < -0.39 is 0 Å². The molecule has 5 nitrogen and oxygen atoms in total. The second-order valence-electron chi connectivity index (χ2n) is 2.93. The van der Waals surface area contributed by atoms with Crippen LogP contribution in [0.1, 0.15) is 4.88 Å². The van der Waals surface area contributed by atoms with Crippen molar-refractivity contribution in [1.82, 2.24) is 4.98 Å². The molecule has 15 heavy (non-hydrogen) atoms. The molecule has 0 saturated heterocycles. The van der Waals surface area contributed by atoms with Gasteiger partial charge in [-0.1, -0.05) is 0 Å². The minimum absolute atomic E-state index is 0.189. The van der Waals surface area contributed by atoms with E-state index in [-0.39, 0.29) is 11.7 Å². The van der Waals surface area contributed by atoms with Gasteiger partial charge >= 0.3 is 0 Å². The van der Waals surface area contributed by atoms with Gasteiger partial charge in [-0.3, -0.25) is 10.1 Å². The molecular weight excluding hydrogens is 216 g/mol. The van der Waals surface area contributed by atoms with Gasteiger partial charge in [-0.15, -0.1) is 11.3 Å². The smallest absolute Gasteiger partial charge is 0.295 e. The molecule has 1 aliphatic rings. The quantitative estimate of drug-likeness (QED) is 0.825. The lowest BCUT2D eigenvalue weighted by Gasteiger charge is -2.14. The molecule has 1 aromatic heterocycles. The number of thiazole rings is 1. The molecule has 0 atom stereocenters. The normalized spacial score (nSPS) is 14.9. The number of aryl methyl sites for hydroxylation is 1. The first kappa shape index (κ1) is 9.97. The van der Waals surface area contributed by atoms with Gasteiger partial charge in [0, 0.05) is 11.1 Å². The number of anilines is 1. The van der Waals surface area contributed by atoms with Crippen molar-refractivity contribution in [2.75, 3.05) is 18.5 Å². The Hall–Kier alpha value is -1.56. The third-order valence-corrected chi connectivity index (χ3v) is 2.54.